The first kappa shape index (κ1) is 13.4. The third-order valence-electron chi connectivity index (χ3n) is 2.28. The van der Waals surface area contributed by atoms with Crippen LogP contribution in [0.3, 0.4) is 0 Å². The highest BCUT2D eigenvalue weighted by atomic mass is 16.5. The van der Waals surface area contributed by atoms with E-state index < -0.39 is 0 Å². The number of unbranched alkanes of at least 4 members (excludes halogenated alkanes) is 3. The predicted octanol–water partition coefficient (Wildman–Crippen LogP) is 2.11. The van der Waals surface area contributed by atoms with Crippen molar-refractivity contribution in [2.45, 2.75) is 52.0 Å². The molecular weight excluding hydrogens is 178 g/mol. The number of nitrogens with one attached hydrogen (secondary N) is 1. The van der Waals surface area contributed by atoms with Gasteiger partial charge in [-0.25, -0.2) is 0 Å². The van der Waals surface area contributed by atoms with Crippen molar-refractivity contribution in [2.24, 2.45) is 0 Å². The van der Waals surface area contributed by atoms with Crippen LogP contribution in [0.15, 0.2) is 0 Å². The zero-order valence-corrected chi connectivity index (χ0v) is 9.64. The molecule has 0 heterocycles. The Bertz CT molecular complexity index is 148. The summed E-state index contributed by atoms with van der Waals surface area (Å²) < 4.78 is 4.72. The van der Waals surface area contributed by atoms with Gasteiger partial charge < -0.3 is 10.1 Å². The average Bonchev–Trinajstić information content (AvgIpc) is 2.21. The molecule has 1 unspecified atom stereocenters. The molecule has 0 aromatic rings. The molecule has 0 aliphatic heterocycles. The summed E-state index contributed by atoms with van der Waals surface area (Å²) in [5.41, 5.74) is 0. The van der Waals surface area contributed by atoms with Crippen molar-refractivity contribution in [3.63, 3.8) is 0 Å². The van der Waals surface area contributed by atoms with E-state index in [0.717, 1.165) is 19.4 Å². The summed E-state index contributed by atoms with van der Waals surface area (Å²) in [6, 6.07) is -0.109. The Morgan fingerprint density at radius 1 is 1.29 bits per heavy atom. The van der Waals surface area contributed by atoms with Crippen LogP contribution < -0.4 is 5.32 Å². The van der Waals surface area contributed by atoms with Crippen molar-refractivity contribution in [3.8, 4) is 0 Å². The van der Waals surface area contributed by atoms with E-state index in [4.69, 9.17) is 4.74 Å². The lowest BCUT2D eigenvalue weighted by molar-refractivity contribution is -0.143. The normalized spacial score (nSPS) is 12.5. The topological polar surface area (TPSA) is 38.3 Å². The Morgan fingerprint density at radius 2 is 2.00 bits per heavy atom. The van der Waals surface area contributed by atoms with Gasteiger partial charge in [0.1, 0.15) is 6.04 Å². The predicted molar refractivity (Wildman–Crippen MR) is 58.2 cm³/mol. The molecule has 1 atom stereocenters. The second-order valence-corrected chi connectivity index (χ2v) is 3.48. The quantitative estimate of drug-likeness (QED) is 0.483. The van der Waals surface area contributed by atoms with Crippen LogP contribution in [0, 0.1) is 0 Å². The van der Waals surface area contributed by atoms with Crippen molar-refractivity contribution < 1.29 is 9.53 Å². The monoisotopic (exact) mass is 201 g/mol. The molecule has 1 N–H and O–H groups in total. The standard InChI is InChI=1S/C11H23NO2/c1-4-6-7-8-9-10(12-5-2)11(13)14-3/h10,12H,4-9H2,1-3H3. The van der Waals surface area contributed by atoms with E-state index in [-0.39, 0.29) is 12.0 Å². The fraction of sp³-hybridized carbons (Fsp3) is 0.909. The second kappa shape index (κ2) is 9.00. The highest BCUT2D eigenvalue weighted by Crippen LogP contribution is 2.06. The van der Waals surface area contributed by atoms with Gasteiger partial charge in [-0.3, -0.25) is 4.79 Å². The number of esters is 1. The Kier molecular flexibility index (Phi) is 8.64. The molecule has 0 saturated carbocycles. The molecule has 0 aliphatic carbocycles. The van der Waals surface area contributed by atoms with Crippen molar-refractivity contribution in [1.82, 2.24) is 5.32 Å². The first-order valence-electron chi connectivity index (χ1n) is 5.57. The molecule has 3 nitrogen and oxygen atoms in total. The molecule has 0 radical (unpaired) electrons. The first-order chi connectivity index (χ1) is 6.76. The lowest BCUT2D eigenvalue weighted by atomic mass is 10.1. The van der Waals surface area contributed by atoms with Gasteiger partial charge in [0.2, 0.25) is 0 Å². The van der Waals surface area contributed by atoms with E-state index in [1.54, 1.807) is 0 Å². The molecule has 0 fully saturated rings. The van der Waals surface area contributed by atoms with E-state index >= 15 is 0 Å². The molecule has 3 heteroatoms. The maximum Gasteiger partial charge on any atom is 0.322 e. The summed E-state index contributed by atoms with van der Waals surface area (Å²) >= 11 is 0. The minimum atomic E-state index is -0.136. The van der Waals surface area contributed by atoms with E-state index in [2.05, 4.69) is 12.2 Å². The first-order valence-corrected chi connectivity index (χ1v) is 5.57. The maximum absolute atomic E-state index is 11.3. The number of likely N-dealkylation sites (N-methyl/N-ethyl adjacent to an activating group) is 1. The molecule has 0 amide bonds. The van der Waals surface area contributed by atoms with Gasteiger partial charge in [-0.1, -0.05) is 39.5 Å². The van der Waals surface area contributed by atoms with E-state index in [1.807, 2.05) is 6.92 Å². The summed E-state index contributed by atoms with van der Waals surface area (Å²) in [4.78, 5) is 11.3. The van der Waals surface area contributed by atoms with Gasteiger partial charge in [-0.15, -0.1) is 0 Å². The molecule has 0 aliphatic rings. The van der Waals surface area contributed by atoms with Gasteiger partial charge in [0.05, 0.1) is 7.11 Å². The Labute approximate surface area is 87.2 Å². The smallest absolute Gasteiger partial charge is 0.322 e. The zero-order chi connectivity index (χ0) is 10.8. The van der Waals surface area contributed by atoms with Crippen LogP contribution in [0.1, 0.15) is 46.0 Å². The molecule has 0 rings (SSSR count). The number of hydrogen-bond donors (Lipinski definition) is 1. The fourth-order valence-electron chi connectivity index (χ4n) is 1.47. The number of carbonyl (C=O) groups is 1. The average molecular weight is 201 g/mol. The lowest BCUT2D eigenvalue weighted by Crippen LogP contribution is -2.37. The number of ether oxygens (including phenoxy) is 1. The zero-order valence-electron chi connectivity index (χ0n) is 9.64. The molecule has 84 valence electrons. The molecule has 0 spiro atoms. The van der Waals surface area contributed by atoms with Crippen LogP contribution in [0.4, 0.5) is 0 Å². The fourth-order valence-corrected chi connectivity index (χ4v) is 1.47. The van der Waals surface area contributed by atoms with Gasteiger partial charge in [0, 0.05) is 0 Å². The number of hydrogen-bond acceptors (Lipinski definition) is 3. The Hall–Kier alpha value is -0.570. The summed E-state index contributed by atoms with van der Waals surface area (Å²) in [5, 5.41) is 3.14. The molecule has 0 bridgehead atoms. The largest absolute Gasteiger partial charge is 0.468 e. The maximum atomic E-state index is 11.3. The van der Waals surface area contributed by atoms with Crippen molar-refractivity contribution in [2.75, 3.05) is 13.7 Å². The Balaban J connectivity index is 3.67. The summed E-state index contributed by atoms with van der Waals surface area (Å²) in [6.07, 6.45) is 5.67. The number of carbonyl (C=O) groups excluding carboxylic acids is 1. The third-order valence-corrected chi connectivity index (χ3v) is 2.28. The van der Waals surface area contributed by atoms with Crippen LogP contribution in [-0.4, -0.2) is 25.7 Å². The molecular formula is C11H23NO2. The minimum absolute atomic E-state index is 0.109. The highest BCUT2D eigenvalue weighted by molar-refractivity contribution is 5.75. The van der Waals surface area contributed by atoms with Gasteiger partial charge in [-0.05, 0) is 13.0 Å². The van der Waals surface area contributed by atoms with E-state index in [0.29, 0.717) is 0 Å². The summed E-state index contributed by atoms with van der Waals surface area (Å²) in [6.45, 7) is 5.00. The second-order valence-electron chi connectivity index (χ2n) is 3.48. The van der Waals surface area contributed by atoms with Crippen LogP contribution >= 0.6 is 0 Å². The molecule has 0 aromatic heterocycles. The lowest BCUT2D eigenvalue weighted by Gasteiger charge is -2.14. The third kappa shape index (κ3) is 5.97. The van der Waals surface area contributed by atoms with E-state index in [9.17, 15) is 4.79 Å². The summed E-state index contributed by atoms with van der Waals surface area (Å²) in [5.74, 6) is -0.136. The van der Waals surface area contributed by atoms with Crippen molar-refractivity contribution >= 4 is 5.97 Å². The van der Waals surface area contributed by atoms with Gasteiger partial charge >= 0.3 is 5.97 Å². The van der Waals surface area contributed by atoms with Crippen molar-refractivity contribution in [1.29, 1.82) is 0 Å². The number of rotatable bonds is 8. The van der Waals surface area contributed by atoms with Crippen LogP contribution in [0.25, 0.3) is 0 Å². The Morgan fingerprint density at radius 3 is 2.50 bits per heavy atom. The van der Waals surface area contributed by atoms with E-state index in [1.165, 1.54) is 26.4 Å². The number of methoxy groups -OCH3 is 1. The van der Waals surface area contributed by atoms with Crippen molar-refractivity contribution in [3.05, 3.63) is 0 Å². The van der Waals surface area contributed by atoms with Crippen LogP contribution in [-0.2, 0) is 9.53 Å². The molecule has 14 heavy (non-hydrogen) atoms. The molecule has 0 aromatic carbocycles. The molecule has 0 saturated heterocycles. The minimum Gasteiger partial charge on any atom is -0.468 e. The summed E-state index contributed by atoms with van der Waals surface area (Å²) in [7, 11) is 1.44. The van der Waals surface area contributed by atoms with Gasteiger partial charge in [0.15, 0.2) is 0 Å². The SMILES string of the molecule is CCCCCCC(NCC)C(=O)OC. The van der Waals surface area contributed by atoms with Gasteiger partial charge in [0.25, 0.3) is 0 Å². The van der Waals surface area contributed by atoms with Crippen LogP contribution in [0.5, 0.6) is 0 Å². The van der Waals surface area contributed by atoms with Crippen LogP contribution in [0.2, 0.25) is 0 Å². The highest BCUT2D eigenvalue weighted by Gasteiger charge is 2.16. The van der Waals surface area contributed by atoms with Gasteiger partial charge in [-0.2, -0.15) is 0 Å².